The van der Waals surface area contributed by atoms with Crippen molar-refractivity contribution in [2.45, 2.75) is 12.8 Å². The van der Waals surface area contributed by atoms with Crippen LogP contribution in [0.1, 0.15) is 12.0 Å². The van der Waals surface area contributed by atoms with Gasteiger partial charge in [0.25, 0.3) is 5.56 Å². The second kappa shape index (κ2) is 7.03. The van der Waals surface area contributed by atoms with Crippen molar-refractivity contribution in [1.82, 2.24) is 9.97 Å². The lowest BCUT2D eigenvalue weighted by molar-refractivity contribution is -0.143. The highest BCUT2D eigenvalue weighted by Gasteiger charge is 2.31. The van der Waals surface area contributed by atoms with Gasteiger partial charge in [-0.05, 0) is 6.42 Å². The van der Waals surface area contributed by atoms with Crippen LogP contribution in [0.5, 0.6) is 0 Å². The van der Waals surface area contributed by atoms with Crippen LogP contribution in [0.25, 0.3) is 0 Å². The summed E-state index contributed by atoms with van der Waals surface area (Å²) in [6.45, 7) is 0.922. The number of carbonyl (C=O) groups is 2. The number of aromatic amines is 1. The fraction of sp³-hybridized carbons (Fsp3) is 0.538. The summed E-state index contributed by atoms with van der Waals surface area (Å²) in [6.07, 6.45) is 0.0754. The van der Waals surface area contributed by atoms with Crippen LogP contribution in [-0.4, -0.2) is 49.2 Å². The molecular weight excluding hydrogens is 292 g/mol. The molecule has 9 heteroatoms. The molecule has 1 aromatic rings. The van der Waals surface area contributed by atoms with Gasteiger partial charge in [0.05, 0.1) is 31.6 Å². The average molecular weight is 310 g/mol. The van der Waals surface area contributed by atoms with E-state index in [1.54, 1.807) is 7.11 Å². The van der Waals surface area contributed by atoms with Gasteiger partial charge in [-0.25, -0.2) is 0 Å². The molecule has 3 N–H and O–H groups in total. The van der Waals surface area contributed by atoms with Gasteiger partial charge in [0.2, 0.25) is 11.9 Å². The Bertz CT molecular complexity index is 627. The Morgan fingerprint density at radius 2 is 2.18 bits per heavy atom. The molecule has 0 saturated carbocycles. The number of aromatic nitrogens is 2. The quantitative estimate of drug-likeness (QED) is 0.478. The van der Waals surface area contributed by atoms with E-state index in [0.29, 0.717) is 18.7 Å². The molecule has 0 spiro atoms. The second-order valence-electron chi connectivity index (χ2n) is 4.83. The van der Waals surface area contributed by atoms with Crippen molar-refractivity contribution < 1.29 is 19.1 Å². The molecule has 0 aromatic carbocycles. The third-order valence-corrected chi connectivity index (χ3v) is 3.32. The first kappa shape index (κ1) is 16.0. The first-order valence-electron chi connectivity index (χ1n) is 6.78. The number of ether oxygens (including phenoxy) is 2. The summed E-state index contributed by atoms with van der Waals surface area (Å²) in [6, 6.07) is 0. The molecule has 0 saturated heterocycles. The van der Waals surface area contributed by atoms with Crippen molar-refractivity contribution >= 4 is 23.6 Å². The Balaban J connectivity index is 2.17. The molecule has 9 nitrogen and oxygen atoms in total. The molecule has 1 unspecified atom stereocenters. The Labute approximate surface area is 126 Å². The Hall–Kier alpha value is -2.42. The highest BCUT2D eigenvalue weighted by Crippen LogP contribution is 2.23. The van der Waals surface area contributed by atoms with Gasteiger partial charge in [0.15, 0.2) is 0 Å². The maximum Gasteiger partial charge on any atom is 0.306 e. The van der Waals surface area contributed by atoms with Gasteiger partial charge in [-0.2, -0.15) is 4.98 Å². The number of esters is 1. The molecule has 120 valence electrons. The number of hydrogen-bond donors (Lipinski definition) is 3. The Morgan fingerprint density at radius 3 is 2.86 bits per heavy atom. The molecule has 1 amide bonds. The maximum absolute atomic E-state index is 12.1. The number of rotatable bonds is 6. The minimum atomic E-state index is -0.629. The lowest BCUT2D eigenvalue weighted by Gasteiger charge is -2.22. The van der Waals surface area contributed by atoms with Crippen LogP contribution in [0.4, 0.5) is 11.8 Å². The number of fused-ring (bicyclic) bond motifs is 1. The molecule has 1 aromatic heterocycles. The normalized spacial score (nSPS) is 16.6. The second-order valence-corrected chi connectivity index (χ2v) is 4.83. The first-order chi connectivity index (χ1) is 10.5. The summed E-state index contributed by atoms with van der Waals surface area (Å²) >= 11 is 0. The van der Waals surface area contributed by atoms with Crippen molar-refractivity contribution in [1.29, 1.82) is 0 Å². The summed E-state index contributed by atoms with van der Waals surface area (Å²) in [5.41, 5.74) is 0.00516. The van der Waals surface area contributed by atoms with Crippen LogP contribution in [-0.2, 0) is 25.5 Å². The fourth-order valence-corrected chi connectivity index (χ4v) is 2.15. The predicted molar refractivity (Wildman–Crippen MR) is 77.7 cm³/mol. The number of nitrogens with one attached hydrogen (secondary N) is 3. The van der Waals surface area contributed by atoms with E-state index in [2.05, 4.69) is 25.3 Å². The molecular formula is C13H18N4O5. The van der Waals surface area contributed by atoms with E-state index >= 15 is 0 Å². The summed E-state index contributed by atoms with van der Waals surface area (Å²) in [5.74, 6) is -0.998. The van der Waals surface area contributed by atoms with E-state index in [9.17, 15) is 14.4 Å². The number of nitrogens with zero attached hydrogens (tertiary/aromatic N) is 1. The van der Waals surface area contributed by atoms with Gasteiger partial charge in [-0.1, -0.05) is 0 Å². The molecule has 0 fully saturated rings. The van der Waals surface area contributed by atoms with E-state index in [-0.39, 0.29) is 36.1 Å². The molecule has 0 aliphatic carbocycles. The molecule has 22 heavy (non-hydrogen) atoms. The molecule has 1 aliphatic rings. The zero-order chi connectivity index (χ0) is 16.1. The standard InChI is InChI=1S/C13H18N4O5/c1-21-4-3-14-13-16-10-8(12(20)17-13)5-7(11(19)15-10)6-9(18)22-2/h7H,3-6H2,1-2H3,(H3,14,15,16,17,19,20). The topological polar surface area (TPSA) is 122 Å². The SMILES string of the molecule is COCCNc1nc2c(c(=O)[nH]1)CC(CC(=O)OC)C(=O)N2. The summed E-state index contributed by atoms with van der Waals surface area (Å²) < 4.78 is 9.44. The van der Waals surface area contributed by atoms with Crippen molar-refractivity contribution in [2.24, 2.45) is 5.92 Å². The molecule has 0 radical (unpaired) electrons. The van der Waals surface area contributed by atoms with Gasteiger partial charge < -0.3 is 20.1 Å². The van der Waals surface area contributed by atoms with Gasteiger partial charge >= 0.3 is 5.97 Å². The van der Waals surface area contributed by atoms with Gasteiger partial charge in [0.1, 0.15) is 5.82 Å². The van der Waals surface area contributed by atoms with Crippen LogP contribution in [0.3, 0.4) is 0 Å². The van der Waals surface area contributed by atoms with Crippen LogP contribution in [0, 0.1) is 5.92 Å². The monoisotopic (exact) mass is 310 g/mol. The van der Waals surface area contributed by atoms with Gasteiger partial charge in [-0.3, -0.25) is 19.4 Å². The average Bonchev–Trinajstić information content (AvgIpc) is 2.49. The Kier molecular flexibility index (Phi) is 5.10. The predicted octanol–water partition coefficient (Wildman–Crippen LogP) is -0.498. The fourth-order valence-electron chi connectivity index (χ4n) is 2.15. The smallest absolute Gasteiger partial charge is 0.306 e. The van der Waals surface area contributed by atoms with Crippen LogP contribution in [0.2, 0.25) is 0 Å². The van der Waals surface area contributed by atoms with Crippen LogP contribution >= 0.6 is 0 Å². The molecule has 1 atom stereocenters. The zero-order valence-corrected chi connectivity index (χ0v) is 12.4. The zero-order valence-electron chi connectivity index (χ0n) is 12.4. The number of carbonyl (C=O) groups excluding carboxylic acids is 2. The van der Waals surface area contributed by atoms with Gasteiger partial charge in [0, 0.05) is 13.7 Å². The van der Waals surface area contributed by atoms with E-state index in [1.165, 1.54) is 7.11 Å². The molecule has 2 heterocycles. The van der Waals surface area contributed by atoms with E-state index in [1.807, 2.05) is 0 Å². The van der Waals surface area contributed by atoms with E-state index < -0.39 is 11.9 Å². The van der Waals surface area contributed by atoms with Gasteiger partial charge in [-0.15, -0.1) is 0 Å². The first-order valence-corrected chi connectivity index (χ1v) is 6.78. The minimum Gasteiger partial charge on any atom is -0.469 e. The minimum absolute atomic E-state index is 0.0744. The summed E-state index contributed by atoms with van der Waals surface area (Å²) in [4.78, 5) is 42.1. The summed E-state index contributed by atoms with van der Waals surface area (Å²) in [7, 11) is 2.82. The van der Waals surface area contributed by atoms with E-state index in [4.69, 9.17) is 4.74 Å². The van der Waals surface area contributed by atoms with Crippen LogP contribution < -0.4 is 16.2 Å². The Morgan fingerprint density at radius 1 is 1.41 bits per heavy atom. The highest BCUT2D eigenvalue weighted by atomic mass is 16.5. The summed E-state index contributed by atoms with van der Waals surface area (Å²) in [5, 5.41) is 5.45. The lowest BCUT2D eigenvalue weighted by atomic mass is 9.93. The number of hydrogen-bond acceptors (Lipinski definition) is 7. The number of anilines is 2. The van der Waals surface area contributed by atoms with Crippen molar-refractivity contribution in [3.05, 3.63) is 15.9 Å². The number of amides is 1. The van der Waals surface area contributed by atoms with Crippen molar-refractivity contribution in [3.8, 4) is 0 Å². The lowest BCUT2D eigenvalue weighted by Crippen LogP contribution is -2.36. The molecule has 2 rings (SSSR count). The largest absolute Gasteiger partial charge is 0.469 e. The maximum atomic E-state index is 12.1. The van der Waals surface area contributed by atoms with E-state index in [0.717, 1.165) is 0 Å². The third-order valence-electron chi connectivity index (χ3n) is 3.32. The number of H-pyrrole nitrogens is 1. The molecule has 1 aliphatic heterocycles. The van der Waals surface area contributed by atoms with Crippen molar-refractivity contribution in [2.75, 3.05) is 38.0 Å². The highest BCUT2D eigenvalue weighted by molar-refractivity contribution is 5.96. The number of methoxy groups -OCH3 is 2. The third kappa shape index (κ3) is 3.61. The molecule has 0 bridgehead atoms. The van der Waals surface area contributed by atoms with Crippen molar-refractivity contribution in [3.63, 3.8) is 0 Å². The van der Waals surface area contributed by atoms with Crippen LogP contribution in [0.15, 0.2) is 4.79 Å².